The van der Waals surface area contributed by atoms with Crippen molar-refractivity contribution < 1.29 is 9.21 Å². The number of carbonyl (C=O) groups is 1. The van der Waals surface area contributed by atoms with Crippen molar-refractivity contribution in [1.29, 1.82) is 0 Å². The van der Waals surface area contributed by atoms with Gasteiger partial charge in [-0.25, -0.2) is 4.79 Å². The van der Waals surface area contributed by atoms with Crippen molar-refractivity contribution in [1.82, 2.24) is 24.2 Å². The number of aromatic nitrogens is 4. The summed E-state index contributed by atoms with van der Waals surface area (Å²) in [6.07, 6.45) is 6.81. The van der Waals surface area contributed by atoms with Gasteiger partial charge in [0, 0.05) is 12.6 Å². The van der Waals surface area contributed by atoms with Crippen molar-refractivity contribution in [3.63, 3.8) is 0 Å². The number of rotatable bonds is 6. The Balaban J connectivity index is 1.78. The molecule has 0 spiro atoms. The van der Waals surface area contributed by atoms with Crippen LogP contribution in [0.15, 0.2) is 32.4 Å². The molecule has 3 heterocycles. The minimum absolute atomic E-state index is 0.00120. The van der Waals surface area contributed by atoms with Gasteiger partial charge >= 0.3 is 5.69 Å². The number of aryl methyl sites for hydroxylation is 2. The van der Waals surface area contributed by atoms with E-state index < -0.39 is 11.2 Å². The Labute approximate surface area is 173 Å². The van der Waals surface area contributed by atoms with Gasteiger partial charge in [0.15, 0.2) is 5.52 Å². The van der Waals surface area contributed by atoms with Crippen molar-refractivity contribution >= 4 is 16.9 Å². The Morgan fingerprint density at radius 2 is 1.97 bits per heavy atom. The Kier molecular flexibility index (Phi) is 5.61. The Hall–Kier alpha value is -3.10. The number of furan rings is 1. The number of nitrogens with zero attached hydrogens (tertiary/aromatic N) is 4. The lowest BCUT2D eigenvalue weighted by Gasteiger charge is -2.23. The first-order chi connectivity index (χ1) is 14.5. The van der Waals surface area contributed by atoms with E-state index in [-0.39, 0.29) is 25.0 Å². The average Bonchev–Trinajstić information content (AvgIpc) is 3.36. The van der Waals surface area contributed by atoms with Gasteiger partial charge < -0.3 is 9.73 Å². The second-order valence-corrected chi connectivity index (χ2v) is 7.84. The normalized spacial score (nSPS) is 15.0. The first kappa shape index (κ1) is 20.2. The van der Waals surface area contributed by atoms with Crippen molar-refractivity contribution in [3.05, 3.63) is 50.7 Å². The summed E-state index contributed by atoms with van der Waals surface area (Å²) in [6.45, 7) is 3.96. The van der Waals surface area contributed by atoms with Crippen LogP contribution in [0, 0.1) is 6.92 Å². The Bertz CT molecular complexity index is 1160. The van der Waals surface area contributed by atoms with Gasteiger partial charge in [-0.3, -0.25) is 23.4 Å². The first-order valence-corrected chi connectivity index (χ1v) is 10.5. The van der Waals surface area contributed by atoms with E-state index in [1.54, 1.807) is 23.7 Å². The van der Waals surface area contributed by atoms with E-state index in [9.17, 15) is 14.4 Å². The van der Waals surface area contributed by atoms with Gasteiger partial charge in [0.2, 0.25) is 5.91 Å². The third kappa shape index (κ3) is 3.71. The third-order valence-electron chi connectivity index (χ3n) is 5.74. The van der Waals surface area contributed by atoms with Crippen LogP contribution in [0.3, 0.4) is 0 Å². The van der Waals surface area contributed by atoms with Gasteiger partial charge in [0.1, 0.15) is 17.8 Å². The lowest BCUT2D eigenvalue weighted by molar-refractivity contribution is -0.122. The lowest BCUT2D eigenvalue weighted by atomic mass is 9.95. The molecule has 1 fully saturated rings. The van der Waals surface area contributed by atoms with E-state index in [2.05, 4.69) is 10.4 Å². The largest absolute Gasteiger partial charge is 0.467 e. The van der Waals surface area contributed by atoms with E-state index in [1.807, 2.05) is 6.92 Å². The third-order valence-corrected chi connectivity index (χ3v) is 5.74. The summed E-state index contributed by atoms with van der Waals surface area (Å²) in [6, 6.07) is 3.56. The Morgan fingerprint density at radius 3 is 2.63 bits per heavy atom. The number of fused-ring (bicyclic) bond motifs is 1. The summed E-state index contributed by atoms with van der Waals surface area (Å²) in [5.74, 6) is 0.267. The highest BCUT2D eigenvalue weighted by atomic mass is 16.3. The molecule has 1 amide bonds. The summed E-state index contributed by atoms with van der Waals surface area (Å²) in [5, 5.41) is 7.47. The van der Waals surface area contributed by atoms with Crippen LogP contribution >= 0.6 is 0 Å². The highest BCUT2D eigenvalue weighted by Gasteiger charge is 2.23. The predicted molar refractivity (Wildman–Crippen MR) is 111 cm³/mol. The van der Waals surface area contributed by atoms with Crippen LogP contribution in [0.4, 0.5) is 0 Å². The Morgan fingerprint density at radius 1 is 1.20 bits per heavy atom. The average molecular weight is 413 g/mol. The zero-order chi connectivity index (χ0) is 21.3. The number of nitrogens with one attached hydrogen (secondary N) is 1. The van der Waals surface area contributed by atoms with Crippen LogP contribution in [0.1, 0.15) is 50.5 Å². The molecule has 1 aliphatic rings. The summed E-state index contributed by atoms with van der Waals surface area (Å²) in [7, 11) is 0. The fourth-order valence-electron chi connectivity index (χ4n) is 4.30. The highest BCUT2D eigenvalue weighted by Crippen LogP contribution is 2.18. The molecule has 4 rings (SSSR count). The van der Waals surface area contributed by atoms with Gasteiger partial charge in [-0.2, -0.15) is 5.10 Å². The van der Waals surface area contributed by atoms with Gasteiger partial charge in [-0.1, -0.05) is 19.3 Å². The molecule has 1 saturated carbocycles. The summed E-state index contributed by atoms with van der Waals surface area (Å²) < 4.78 is 9.40. The molecule has 0 saturated heterocycles. The molecule has 30 heavy (non-hydrogen) atoms. The van der Waals surface area contributed by atoms with Crippen LogP contribution in [0.25, 0.3) is 11.0 Å². The zero-order valence-corrected chi connectivity index (χ0v) is 17.4. The van der Waals surface area contributed by atoms with E-state index in [1.165, 1.54) is 17.3 Å². The van der Waals surface area contributed by atoms with Crippen molar-refractivity contribution in [2.75, 3.05) is 0 Å². The molecule has 0 atom stereocenters. The summed E-state index contributed by atoms with van der Waals surface area (Å²) in [4.78, 5) is 39.2. The minimum atomic E-state index is -0.540. The molecule has 9 nitrogen and oxygen atoms in total. The molecule has 1 N–H and O–H groups in total. The first-order valence-electron chi connectivity index (χ1n) is 10.5. The summed E-state index contributed by atoms with van der Waals surface area (Å²) in [5.41, 5.74) is 0.323. The minimum Gasteiger partial charge on any atom is -0.467 e. The molecule has 0 aromatic carbocycles. The standard InChI is InChI=1S/C21H27N5O4/c1-3-26-19-18(14(2)23-26)24(13-17(27)22-15-8-5-4-6-9-15)21(29)25(20(19)28)12-16-10-7-11-30-16/h7,10-11,15H,3-6,8-9,12-13H2,1-2H3,(H,22,27). The van der Waals surface area contributed by atoms with Crippen LogP contribution < -0.4 is 16.6 Å². The quantitative estimate of drug-likeness (QED) is 0.663. The maximum Gasteiger partial charge on any atom is 0.332 e. The van der Waals surface area contributed by atoms with Gasteiger partial charge in [-0.15, -0.1) is 0 Å². The molecule has 3 aromatic rings. The molecular weight excluding hydrogens is 386 g/mol. The van der Waals surface area contributed by atoms with Gasteiger partial charge in [0.25, 0.3) is 5.56 Å². The highest BCUT2D eigenvalue weighted by molar-refractivity contribution is 5.81. The molecular formula is C21H27N5O4. The number of carbonyl (C=O) groups excluding carboxylic acids is 1. The van der Waals surface area contributed by atoms with Crippen LogP contribution in [0.2, 0.25) is 0 Å². The van der Waals surface area contributed by atoms with E-state index >= 15 is 0 Å². The van der Waals surface area contributed by atoms with Crippen LogP contribution in [0.5, 0.6) is 0 Å². The fraction of sp³-hybridized carbons (Fsp3) is 0.524. The van der Waals surface area contributed by atoms with Gasteiger partial charge in [-0.05, 0) is 38.8 Å². The maximum absolute atomic E-state index is 13.3. The van der Waals surface area contributed by atoms with Crippen LogP contribution in [-0.4, -0.2) is 30.9 Å². The second-order valence-electron chi connectivity index (χ2n) is 7.84. The summed E-state index contributed by atoms with van der Waals surface area (Å²) >= 11 is 0. The smallest absolute Gasteiger partial charge is 0.332 e. The number of amides is 1. The lowest BCUT2D eigenvalue weighted by Crippen LogP contribution is -2.45. The number of hydrogen-bond acceptors (Lipinski definition) is 5. The SMILES string of the molecule is CCn1nc(C)c2c1c(=O)n(Cc1ccco1)c(=O)n2CC(=O)NC1CCCCC1. The van der Waals surface area contributed by atoms with Crippen molar-refractivity contribution in [2.45, 2.75) is 71.6 Å². The predicted octanol–water partition coefficient (Wildman–Crippen LogP) is 1.78. The molecule has 3 aromatic heterocycles. The monoisotopic (exact) mass is 413 g/mol. The maximum atomic E-state index is 13.3. The molecule has 0 unspecified atom stereocenters. The molecule has 9 heteroatoms. The van der Waals surface area contributed by atoms with Gasteiger partial charge in [0.05, 0.1) is 18.5 Å². The van der Waals surface area contributed by atoms with Crippen molar-refractivity contribution in [2.24, 2.45) is 0 Å². The number of hydrogen-bond donors (Lipinski definition) is 1. The zero-order valence-electron chi connectivity index (χ0n) is 17.4. The van der Waals surface area contributed by atoms with E-state index in [0.29, 0.717) is 29.0 Å². The van der Waals surface area contributed by atoms with E-state index in [4.69, 9.17) is 4.42 Å². The molecule has 160 valence electrons. The van der Waals surface area contributed by atoms with Crippen LogP contribution in [-0.2, 0) is 24.4 Å². The molecule has 0 bridgehead atoms. The van der Waals surface area contributed by atoms with Crippen molar-refractivity contribution in [3.8, 4) is 0 Å². The van der Waals surface area contributed by atoms with E-state index in [0.717, 1.165) is 30.3 Å². The topological polar surface area (TPSA) is 104 Å². The molecule has 1 aliphatic carbocycles. The molecule has 0 radical (unpaired) electrons. The second kappa shape index (κ2) is 8.33. The molecule has 0 aliphatic heterocycles. The fourth-order valence-corrected chi connectivity index (χ4v) is 4.30.